The van der Waals surface area contributed by atoms with Crippen molar-refractivity contribution in [3.8, 4) is 0 Å². The normalized spacial score (nSPS) is 49.7. The zero-order valence-corrected chi connectivity index (χ0v) is 7.86. The maximum absolute atomic E-state index is 2.69. The zero-order valence-electron chi connectivity index (χ0n) is 5.70. The Labute approximate surface area is 70.5 Å². The first-order valence-electron chi connectivity index (χ1n) is 3.97. The molecule has 0 aromatic rings. The quantitative estimate of drug-likeness (QED) is 0.447. The molecule has 0 saturated heterocycles. The fourth-order valence-electron chi connectivity index (χ4n) is 2.20. The predicted molar refractivity (Wildman–Crippen MR) is 47.9 cm³/mol. The Morgan fingerprint density at radius 3 is 1.67 bits per heavy atom. The molecule has 0 heterocycles. The van der Waals surface area contributed by atoms with Crippen LogP contribution < -0.4 is 0 Å². The van der Waals surface area contributed by atoms with E-state index in [-0.39, 0.29) is 0 Å². The van der Waals surface area contributed by atoms with E-state index in [0.717, 1.165) is 9.34 Å². The monoisotopic (exact) mass is 236 g/mol. The lowest BCUT2D eigenvalue weighted by molar-refractivity contribution is 0.214. The molecule has 0 N–H and O–H groups in total. The lowest BCUT2D eigenvalue weighted by Crippen LogP contribution is -2.34. The molecule has 3 aliphatic carbocycles. The minimum atomic E-state index is 0.756. The van der Waals surface area contributed by atoms with Crippen LogP contribution in [0.25, 0.3) is 0 Å². The second-order valence-electron chi connectivity index (χ2n) is 3.63. The van der Waals surface area contributed by atoms with Crippen LogP contribution in [0.3, 0.4) is 0 Å². The molecule has 0 atom stereocenters. The molecule has 0 aliphatic heterocycles. The van der Waals surface area contributed by atoms with Gasteiger partial charge in [-0.3, -0.25) is 0 Å². The lowest BCUT2D eigenvalue weighted by Gasteiger charge is -2.42. The van der Waals surface area contributed by atoms with Crippen LogP contribution in [0.5, 0.6) is 0 Å². The summed E-state index contributed by atoms with van der Waals surface area (Å²) in [5.41, 5.74) is 0. The van der Waals surface area contributed by atoms with Crippen molar-refractivity contribution >= 4 is 22.6 Å². The van der Waals surface area contributed by atoms with E-state index >= 15 is 0 Å². The van der Waals surface area contributed by atoms with Crippen molar-refractivity contribution in [2.45, 2.75) is 41.9 Å². The van der Waals surface area contributed by atoms with Gasteiger partial charge in [-0.1, -0.05) is 22.6 Å². The van der Waals surface area contributed by atoms with Crippen molar-refractivity contribution in [2.75, 3.05) is 0 Å². The van der Waals surface area contributed by atoms with Gasteiger partial charge in [0.15, 0.2) is 0 Å². The second-order valence-corrected chi connectivity index (χ2v) is 5.92. The Morgan fingerprint density at radius 1 is 1.00 bits per heavy atom. The summed E-state index contributed by atoms with van der Waals surface area (Å²) in [5, 5.41) is 0. The highest BCUT2D eigenvalue weighted by Crippen LogP contribution is 2.49. The van der Waals surface area contributed by atoms with Crippen molar-refractivity contribution in [1.29, 1.82) is 0 Å². The Hall–Kier alpha value is 0.730. The van der Waals surface area contributed by atoms with Gasteiger partial charge in [0, 0.05) is 3.42 Å². The van der Waals surface area contributed by atoms with Gasteiger partial charge in [0.25, 0.3) is 0 Å². The van der Waals surface area contributed by atoms with Crippen LogP contribution in [0.1, 0.15) is 38.5 Å². The minimum Gasteiger partial charge on any atom is -0.0789 e. The highest BCUT2D eigenvalue weighted by molar-refractivity contribution is 14.1. The van der Waals surface area contributed by atoms with E-state index in [1.807, 2.05) is 0 Å². The lowest BCUT2D eigenvalue weighted by atomic mass is 9.71. The maximum atomic E-state index is 2.69. The topological polar surface area (TPSA) is 0 Å². The molecule has 0 aromatic heterocycles. The van der Waals surface area contributed by atoms with E-state index in [4.69, 9.17) is 0 Å². The largest absolute Gasteiger partial charge is 0.0789 e. The molecule has 0 nitrogen and oxygen atoms in total. The SMILES string of the molecule is IC12CCC(CC1)CC2. The first kappa shape index (κ1) is 6.44. The van der Waals surface area contributed by atoms with Crippen molar-refractivity contribution in [2.24, 2.45) is 5.92 Å². The molecule has 52 valence electrons. The third kappa shape index (κ3) is 1.13. The summed E-state index contributed by atoms with van der Waals surface area (Å²) < 4.78 is 0.756. The molecular weight excluding hydrogens is 223 g/mol. The third-order valence-corrected chi connectivity index (χ3v) is 4.62. The van der Waals surface area contributed by atoms with Crippen LogP contribution in [0.15, 0.2) is 0 Å². The number of halogens is 1. The van der Waals surface area contributed by atoms with Gasteiger partial charge in [0.1, 0.15) is 0 Å². The van der Waals surface area contributed by atoms with Crippen LogP contribution in [-0.2, 0) is 0 Å². The second kappa shape index (κ2) is 2.11. The first-order chi connectivity index (χ1) is 4.29. The standard InChI is InChI=1S/C8H13I/c9-8-4-1-7(2-5-8)3-6-8/h7H,1-6H2. The van der Waals surface area contributed by atoms with Gasteiger partial charge in [-0.25, -0.2) is 0 Å². The summed E-state index contributed by atoms with van der Waals surface area (Å²) >= 11 is 2.69. The number of rotatable bonds is 0. The molecule has 3 saturated carbocycles. The molecule has 0 amide bonds. The summed E-state index contributed by atoms with van der Waals surface area (Å²) in [7, 11) is 0. The van der Waals surface area contributed by atoms with Crippen molar-refractivity contribution in [3.63, 3.8) is 0 Å². The van der Waals surface area contributed by atoms with E-state index < -0.39 is 0 Å². The zero-order chi connectivity index (χ0) is 6.32. The predicted octanol–water partition coefficient (Wildman–Crippen LogP) is 3.14. The summed E-state index contributed by atoms with van der Waals surface area (Å²) in [4.78, 5) is 0. The van der Waals surface area contributed by atoms with Gasteiger partial charge in [0.05, 0.1) is 0 Å². The minimum absolute atomic E-state index is 0.756. The molecule has 1 heteroatoms. The van der Waals surface area contributed by atoms with Gasteiger partial charge in [-0.05, 0) is 44.4 Å². The van der Waals surface area contributed by atoms with Gasteiger partial charge in [-0.15, -0.1) is 0 Å². The average molecular weight is 236 g/mol. The Balaban J connectivity index is 2.11. The van der Waals surface area contributed by atoms with Crippen molar-refractivity contribution in [1.82, 2.24) is 0 Å². The number of fused-ring (bicyclic) bond motifs is 3. The number of hydrogen-bond acceptors (Lipinski definition) is 0. The van der Waals surface area contributed by atoms with Gasteiger partial charge >= 0.3 is 0 Å². The molecule has 3 fully saturated rings. The third-order valence-electron chi connectivity index (χ3n) is 3.00. The van der Waals surface area contributed by atoms with Crippen LogP contribution in [0, 0.1) is 5.92 Å². The van der Waals surface area contributed by atoms with Crippen molar-refractivity contribution < 1.29 is 0 Å². The highest BCUT2D eigenvalue weighted by atomic mass is 127. The van der Waals surface area contributed by atoms with E-state index in [1.54, 1.807) is 0 Å². The molecule has 2 bridgehead atoms. The Bertz CT molecular complexity index is 98.0. The molecule has 3 aliphatic rings. The van der Waals surface area contributed by atoms with Crippen LogP contribution in [0.4, 0.5) is 0 Å². The highest BCUT2D eigenvalue weighted by Gasteiger charge is 2.37. The average Bonchev–Trinajstić information content (AvgIpc) is 1.90. The van der Waals surface area contributed by atoms with E-state index in [9.17, 15) is 0 Å². The number of hydrogen-bond donors (Lipinski definition) is 0. The van der Waals surface area contributed by atoms with E-state index in [2.05, 4.69) is 22.6 Å². The van der Waals surface area contributed by atoms with E-state index in [1.165, 1.54) is 38.5 Å². The summed E-state index contributed by atoms with van der Waals surface area (Å²) in [6, 6.07) is 0. The van der Waals surface area contributed by atoms with Crippen LogP contribution >= 0.6 is 22.6 Å². The fraction of sp³-hybridized carbons (Fsp3) is 1.00. The Kier molecular flexibility index (Phi) is 1.51. The van der Waals surface area contributed by atoms with Gasteiger partial charge < -0.3 is 0 Å². The molecule has 0 unspecified atom stereocenters. The molecular formula is C8H13I. The molecule has 0 radical (unpaired) electrons. The van der Waals surface area contributed by atoms with Gasteiger partial charge in [-0.2, -0.15) is 0 Å². The smallest absolute Gasteiger partial charge is 0.0222 e. The Morgan fingerprint density at radius 2 is 1.44 bits per heavy atom. The molecule has 0 aromatic carbocycles. The van der Waals surface area contributed by atoms with Crippen molar-refractivity contribution in [3.05, 3.63) is 0 Å². The first-order valence-corrected chi connectivity index (χ1v) is 5.05. The summed E-state index contributed by atoms with van der Waals surface area (Å²) in [5.74, 6) is 1.13. The maximum Gasteiger partial charge on any atom is 0.0222 e. The summed E-state index contributed by atoms with van der Waals surface area (Å²) in [6.45, 7) is 0. The van der Waals surface area contributed by atoms with Crippen LogP contribution in [0.2, 0.25) is 0 Å². The fourth-order valence-corrected chi connectivity index (χ4v) is 3.13. The summed E-state index contributed by atoms with van der Waals surface area (Å²) in [6.07, 6.45) is 9.13. The van der Waals surface area contributed by atoms with E-state index in [0.29, 0.717) is 0 Å². The van der Waals surface area contributed by atoms with Gasteiger partial charge in [0.2, 0.25) is 0 Å². The molecule has 0 spiro atoms. The number of alkyl halides is 1. The van der Waals surface area contributed by atoms with Crippen LogP contribution in [-0.4, -0.2) is 3.42 Å². The molecule has 3 rings (SSSR count). The molecule has 9 heavy (non-hydrogen) atoms.